The molecule has 184 valence electrons. The van der Waals surface area contributed by atoms with Crippen LogP contribution in [0.15, 0.2) is 12.2 Å². The van der Waals surface area contributed by atoms with E-state index in [-0.39, 0.29) is 53.5 Å². The van der Waals surface area contributed by atoms with E-state index in [4.69, 9.17) is 0 Å². The molecule has 0 aromatic heterocycles. The third kappa shape index (κ3) is 3.91. The summed E-state index contributed by atoms with van der Waals surface area (Å²) in [6.45, 7) is 11.6. The van der Waals surface area contributed by atoms with Crippen LogP contribution >= 0.6 is 0 Å². The minimum absolute atomic E-state index is 0.0854. The lowest BCUT2D eigenvalue weighted by Gasteiger charge is -2.62. The zero-order valence-corrected chi connectivity index (χ0v) is 21.0. The Bertz CT molecular complexity index is 693. The Morgan fingerprint density at radius 3 is 2.22 bits per heavy atom. The van der Waals surface area contributed by atoms with E-state index in [1.807, 2.05) is 0 Å². The lowest BCUT2D eigenvalue weighted by atomic mass is 9.43. The molecule has 4 aliphatic rings. The predicted octanol–water partition coefficient (Wildman–Crippen LogP) is 4.40. The van der Waals surface area contributed by atoms with E-state index in [1.165, 1.54) is 6.42 Å². The van der Waals surface area contributed by atoms with Gasteiger partial charge in [0.05, 0.1) is 18.3 Å². The SMILES string of the molecule is CC(C=CC(C)C1CC(O)C2C3CC(O)C4CC(O)CCC4(C)C3CCC12C)C(C)CO. The molecular formula is C28H48O4. The van der Waals surface area contributed by atoms with Gasteiger partial charge in [-0.25, -0.2) is 0 Å². The van der Waals surface area contributed by atoms with Gasteiger partial charge in [-0.05, 0) is 103 Å². The van der Waals surface area contributed by atoms with Crippen LogP contribution in [0.4, 0.5) is 0 Å². The van der Waals surface area contributed by atoms with Gasteiger partial charge in [0.1, 0.15) is 0 Å². The third-order valence-corrected chi connectivity index (χ3v) is 11.2. The molecule has 4 heteroatoms. The molecule has 4 aliphatic carbocycles. The topological polar surface area (TPSA) is 80.9 Å². The molecule has 0 saturated heterocycles. The molecular weight excluding hydrogens is 400 g/mol. The van der Waals surface area contributed by atoms with Crippen LogP contribution in [0, 0.1) is 58.2 Å². The maximum absolute atomic E-state index is 11.4. The van der Waals surface area contributed by atoms with E-state index in [0.717, 1.165) is 38.5 Å². The molecule has 0 radical (unpaired) electrons. The molecule has 0 heterocycles. The molecule has 0 spiro atoms. The van der Waals surface area contributed by atoms with Crippen molar-refractivity contribution < 1.29 is 20.4 Å². The van der Waals surface area contributed by atoms with Gasteiger partial charge in [-0.1, -0.05) is 46.8 Å². The first-order valence-electron chi connectivity index (χ1n) is 13.4. The van der Waals surface area contributed by atoms with Gasteiger partial charge in [0.2, 0.25) is 0 Å². The van der Waals surface area contributed by atoms with Crippen molar-refractivity contribution >= 4 is 0 Å². The number of hydrogen-bond acceptors (Lipinski definition) is 4. The summed E-state index contributed by atoms with van der Waals surface area (Å²) in [5.41, 5.74) is 0.190. The van der Waals surface area contributed by atoms with E-state index < -0.39 is 0 Å². The molecule has 13 unspecified atom stereocenters. The van der Waals surface area contributed by atoms with Crippen molar-refractivity contribution in [1.29, 1.82) is 0 Å². The highest BCUT2D eigenvalue weighted by molar-refractivity contribution is 5.14. The van der Waals surface area contributed by atoms with Crippen LogP contribution < -0.4 is 0 Å². The highest BCUT2D eigenvalue weighted by atomic mass is 16.3. The van der Waals surface area contributed by atoms with E-state index in [0.29, 0.717) is 29.6 Å². The standard InChI is InChI=1S/C28H48O4/c1-16(18(3)15-29)6-7-17(2)22-14-25(32)26-20-13-24(31)23-12-19(30)8-10-27(23,4)21(20)9-11-28(22,26)5/h6-7,16-26,29-32H,8-15H2,1-5H3. The van der Waals surface area contributed by atoms with E-state index in [9.17, 15) is 20.4 Å². The summed E-state index contributed by atoms with van der Waals surface area (Å²) in [5, 5.41) is 42.3. The summed E-state index contributed by atoms with van der Waals surface area (Å²) in [6, 6.07) is 0. The highest BCUT2D eigenvalue weighted by Gasteiger charge is 2.64. The molecule has 0 aromatic rings. The van der Waals surface area contributed by atoms with Crippen LogP contribution in [0.25, 0.3) is 0 Å². The fourth-order valence-electron chi connectivity index (χ4n) is 9.05. The molecule has 4 nitrogen and oxygen atoms in total. The summed E-state index contributed by atoms with van der Waals surface area (Å²) < 4.78 is 0. The van der Waals surface area contributed by atoms with Gasteiger partial charge in [-0.15, -0.1) is 0 Å². The van der Waals surface area contributed by atoms with Crippen molar-refractivity contribution in [1.82, 2.24) is 0 Å². The molecule has 0 amide bonds. The van der Waals surface area contributed by atoms with E-state index in [1.54, 1.807) is 0 Å². The van der Waals surface area contributed by atoms with Gasteiger partial charge < -0.3 is 20.4 Å². The molecule has 32 heavy (non-hydrogen) atoms. The number of aliphatic hydroxyl groups is 4. The Balaban J connectivity index is 1.56. The van der Waals surface area contributed by atoms with Crippen molar-refractivity contribution in [2.45, 2.75) is 97.9 Å². The summed E-state index contributed by atoms with van der Waals surface area (Å²) in [4.78, 5) is 0. The second-order valence-corrected chi connectivity index (χ2v) is 12.9. The van der Waals surface area contributed by atoms with Gasteiger partial charge >= 0.3 is 0 Å². The van der Waals surface area contributed by atoms with Crippen LogP contribution in [0.3, 0.4) is 0 Å². The molecule has 4 N–H and O–H groups in total. The average molecular weight is 449 g/mol. The maximum Gasteiger partial charge on any atom is 0.0579 e. The zero-order valence-electron chi connectivity index (χ0n) is 21.0. The Hall–Kier alpha value is -0.420. The first-order chi connectivity index (χ1) is 15.0. The van der Waals surface area contributed by atoms with Crippen molar-refractivity contribution in [2.75, 3.05) is 6.61 Å². The molecule has 4 saturated carbocycles. The first-order valence-corrected chi connectivity index (χ1v) is 13.4. The molecule has 0 bridgehead atoms. The first kappa shape index (κ1) is 24.7. The van der Waals surface area contributed by atoms with E-state index >= 15 is 0 Å². The average Bonchev–Trinajstić information content (AvgIpc) is 3.03. The Morgan fingerprint density at radius 2 is 1.53 bits per heavy atom. The zero-order chi connectivity index (χ0) is 23.4. The highest BCUT2D eigenvalue weighted by Crippen LogP contribution is 2.68. The summed E-state index contributed by atoms with van der Waals surface area (Å²) >= 11 is 0. The fraction of sp³-hybridized carbons (Fsp3) is 0.929. The van der Waals surface area contributed by atoms with Gasteiger partial charge in [-0.2, -0.15) is 0 Å². The molecule has 0 aromatic carbocycles. The molecule has 0 aliphatic heterocycles. The third-order valence-electron chi connectivity index (χ3n) is 11.2. The van der Waals surface area contributed by atoms with Crippen molar-refractivity contribution in [3.05, 3.63) is 12.2 Å². The lowest BCUT2D eigenvalue weighted by Crippen LogP contribution is -2.59. The molecule has 4 rings (SSSR count). The number of allylic oxidation sites excluding steroid dienone is 2. The fourth-order valence-corrected chi connectivity index (χ4v) is 9.05. The Kier molecular flexibility index (Phi) is 6.93. The van der Waals surface area contributed by atoms with Gasteiger partial charge in [0.25, 0.3) is 0 Å². The normalized spacial score (nSPS) is 51.5. The van der Waals surface area contributed by atoms with Gasteiger partial charge in [-0.3, -0.25) is 0 Å². The lowest BCUT2D eigenvalue weighted by molar-refractivity contribution is -0.180. The predicted molar refractivity (Wildman–Crippen MR) is 128 cm³/mol. The van der Waals surface area contributed by atoms with Gasteiger partial charge in [0, 0.05) is 6.61 Å². The monoisotopic (exact) mass is 448 g/mol. The summed E-state index contributed by atoms with van der Waals surface area (Å²) in [5.74, 6) is 2.84. The number of hydrogen-bond donors (Lipinski definition) is 4. The largest absolute Gasteiger partial charge is 0.396 e. The van der Waals surface area contributed by atoms with Crippen molar-refractivity contribution in [3.8, 4) is 0 Å². The van der Waals surface area contributed by atoms with Gasteiger partial charge in [0.15, 0.2) is 0 Å². The molecule has 13 atom stereocenters. The minimum atomic E-state index is -0.358. The Labute approximate surface area is 195 Å². The van der Waals surface area contributed by atoms with Crippen LogP contribution in [0.2, 0.25) is 0 Å². The smallest absolute Gasteiger partial charge is 0.0579 e. The van der Waals surface area contributed by atoms with E-state index in [2.05, 4.69) is 46.8 Å². The minimum Gasteiger partial charge on any atom is -0.396 e. The van der Waals surface area contributed by atoms with Crippen LogP contribution in [-0.4, -0.2) is 45.3 Å². The maximum atomic E-state index is 11.4. The number of rotatable bonds is 5. The van der Waals surface area contributed by atoms with Crippen molar-refractivity contribution in [2.24, 2.45) is 58.2 Å². The number of fused-ring (bicyclic) bond motifs is 5. The summed E-state index contributed by atoms with van der Waals surface area (Å²) in [7, 11) is 0. The Morgan fingerprint density at radius 1 is 0.844 bits per heavy atom. The molecule has 4 fully saturated rings. The quantitative estimate of drug-likeness (QED) is 0.470. The van der Waals surface area contributed by atoms with Crippen LogP contribution in [0.5, 0.6) is 0 Å². The summed E-state index contributed by atoms with van der Waals surface area (Å²) in [6.07, 6.45) is 10.3. The second-order valence-electron chi connectivity index (χ2n) is 12.9. The second kappa shape index (κ2) is 8.98. The van der Waals surface area contributed by atoms with Crippen LogP contribution in [0.1, 0.15) is 79.6 Å². The number of aliphatic hydroxyl groups excluding tert-OH is 4. The van der Waals surface area contributed by atoms with Crippen molar-refractivity contribution in [3.63, 3.8) is 0 Å². The van der Waals surface area contributed by atoms with Crippen LogP contribution in [-0.2, 0) is 0 Å².